The molecule has 9 aliphatic carbocycles. The number of carboxylic acids is 2. The van der Waals surface area contributed by atoms with E-state index in [2.05, 4.69) is 68.5 Å². The summed E-state index contributed by atoms with van der Waals surface area (Å²) in [5, 5.41) is 52.3. The largest absolute Gasteiger partial charge is 0.482 e. The van der Waals surface area contributed by atoms with E-state index in [0.29, 0.717) is 29.0 Å². The zero-order valence-corrected chi connectivity index (χ0v) is 59.7. The van der Waals surface area contributed by atoms with Crippen LogP contribution in [-0.4, -0.2) is 154 Å². The summed E-state index contributed by atoms with van der Waals surface area (Å²) in [5.41, 5.74) is -0.536. The summed E-state index contributed by atoms with van der Waals surface area (Å²) in [5.74, 6) is -2.68. The molecule has 20 nitrogen and oxygen atoms in total. The fourth-order valence-corrected chi connectivity index (χ4v) is 20.5. The van der Waals surface area contributed by atoms with Crippen LogP contribution in [0.1, 0.15) is 195 Å². The van der Waals surface area contributed by atoms with Crippen LogP contribution in [0.25, 0.3) is 0 Å². The van der Waals surface area contributed by atoms with E-state index in [1.54, 1.807) is 48.0 Å². The van der Waals surface area contributed by atoms with E-state index in [1.807, 2.05) is 26.0 Å². The quantitative estimate of drug-likeness (QED) is 0.0484. The van der Waals surface area contributed by atoms with E-state index in [0.717, 1.165) is 101 Å². The molecule has 522 valence electrons. The highest BCUT2D eigenvalue weighted by atomic mass is 32.1. The van der Waals surface area contributed by atoms with Gasteiger partial charge in [-0.2, -0.15) is 27.0 Å². The Labute approximate surface area is 568 Å². The lowest BCUT2D eigenvalue weighted by atomic mass is 9.33. The fourth-order valence-electron chi connectivity index (χ4n) is 20.5. The average Bonchev–Trinajstić information content (AvgIpc) is 1.31. The topological polar surface area (TPSA) is 278 Å². The second-order valence-electron chi connectivity index (χ2n) is 32.8. The van der Waals surface area contributed by atoms with Crippen LogP contribution in [0.2, 0.25) is 0 Å². The number of benzene rings is 2. The molecule has 7 N–H and O–H groups in total. The average molecular weight is 1350 g/mol. The number of hydrogen-bond acceptors (Lipinski definition) is 16. The number of fused-ring (bicyclic) bond motifs is 4. The minimum atomic E-state index is -1.11. The molecule has 2 saturated heterocycles. The summed E-state index contributed by atoms with van der Waals surface area (Å²) >= 11 is 0. The number of nitrogens with zero attached hydrogens (tertiary/aromatic N) is 1. The standard InChI is InChI=1S/C38H54N2O8.C34H48N2O8.2H2S/c1-21(2)30(32(43)44)39-27(41)12-13-28(42)47-24-11-10-23-18-26-36-14-15-38(46-7,25(19-36)35(6,45)34(3,4)5)33-37(36,29(23)31(24)48-33)16-17-40(26)20-22-8-9-22;1-18(2)26(28(39)40)36-23(37)10-11-24(38)43-20-9-8-19-16-22-32-12-13-34(42-7,21(17-32)31(6,41)30(3,4)5)29-33(32,14-15-35-22)25(19)27(20)44-29;;/h10-11,21-22,25-26,30,33,45H,8-9,12-20H2,1-7H3,(H,39,41)(H,43,44);8-9,18,21-22,26,29,35,41H,10-17H2,1-7H3,(H,36,37)(H,39,40);2*1H2/t25-,26-,30?,33-,35-,36-,37+,38-;21-,22-,26?,29-,31-,32-,33+,34-;;/m11../s1. The number of hydrogen-bond donors (Lipinski definition) is 7. The second-order valence-corrected chi connectivity index (χ2v) is 32.8. The monoisotopic (exact) mass is 1350 g/mol. The molecule has 16 atom stereocenters. The first-order valence-electron chi connectivity index (χ1n) is 34.2. The van der Waals surface area contributed by atoms with Gasteiger partial charge in [-0.25, -0.2) is 9.59 Å². The van der Waals surface area contributed by atoms with Crippen molar-refractivity contribution in [1.82, 2.24) is 20.9 Å². The molecular formula is C72H106N4O16S2. The Kier molecular flexibility index (Phi) is 18.9. The normalized spacial score (nSPS) is 34.2. The van der Waals surface area contributed by atoms with E-state index in [4.69, 9.17) is 28.4 Å². The van der Waals surface area contributed by atoms with Crippen molar-refractivity contribution >= 4 is 62.7 Å². The number of esters is 2. The van der Waals surface area contributed by atoms with Gasteiger partial charge in [0.1, 0.15) is 35.5 Å². The maximum atomic E-state index is 13.2. The van der Waals surface area contributed by atoms with E-state index in [9.17, 15) is 49.2 Å². The molecule has 15 rings (SSSR count). The number of nitrogens with one attached hydrogen (secondary N) is 3. The minimum absolute atomic E-state index is 0. The van der Waals surface area contributed by atoms with Gasteiger partial charge in [-0.05, 0) is 156 Å². The smallest absolute Gasteiger partial charge is 0.326 e. The first-order valence-corrected chi connectivity index (χ1v) is 34.2. The Hall–Kier alpha value is -4.68. The highest BCUT2D eigenvalue weighted by molar-refractivity contribution is 7.59. The molecular weight excluding hydrogens is 1240 g/mol. The van der Waals surface area contributed by atoms with Gasteiger partial charge in [0.2, 0.25) is 11.8 Å². The van der Waals surface area contributed by atoms with Crippen LogP contribution in [-0.2, 0) is 61.9 Å². The maximum Gasteiger partial charge on any atom is 0.326 e. The van der Waals surface area contributed by atoms with Crippen molar-refractivity contribution in [3.8, 4) is 23.0 Å². The van der Waals surface area contributed by atoms with Crippen molar-refractivity contribution in [1.29, 1.82) is 0 Å². The summed E-state index contributed by atoms with van der Waals surface area (Å²) < 4.78 is 39.3. The van der Waals surface area contributed by atoms with Gasteiger partial charge in [0, 0.05) is 90.3 Å². The molecule has 4 spiro atoms. The molecule has 0 aromatic heterocycles. The molecule has 22 heteroatoms. The first kappa shape index (κ1) is 72.1. The van der Waals surface area contributed by atoms with Crippen LogP contribution in [0.15, 0.2) is 24.3 Å². The van der Waals surface area contributed by atoms with Crippen LogP contribution in [0.4, 0.5) is 0 Å². The maximum absolute atomic E-state index is 13.2. The van der Waals surface area contributed by atoms with Crippen molar-refractivity contribution in [2.24, 2.45) is 51.2 Å². The number of carboxylic acid groups (broad SMARTS) is 2. The second kappa shape index (κ2) is 24.6. The van der Waals surface area contributed by atoms with Crippen molar-refractivity contribution in [2.75, 3.05) is 33.9 Å². The number of carbonyl (C=O) groups excluding carboxylic acids is 4. The molecule has 2 amide bonds. The number of rotatable bonds is 20. The van der Waals surface area contributed by atoms with E-state index in [1.165, 1.54) is 24.0 Å². The Morgan fingerprint density at radius 2 is 1.05 bits per heavy atom. The zero-order valence-electron chi connectivity index (χ0n) is 57.7. The number of aliphatic hydroxyl groups is 2. The first-order chi connectivity index (χ1) is 43.1. The van der Waals surface area contributed by atoms with Gasteiger partial charge in [0.15, 0.2) is 23.0 Å². The van der Waals surface area contributed by atoms with Gasteiger partial charge in [-0.15, -0.1) is 0 Å². The van der Waals surface area contributed by atoms with Crippen LogP contribution < -0.4 is 34.9 Å². The third-order valence-electron chi connectivity index (χ3n) is 26.3. The third kappa shape index (κ3) is 10.5. The lowest BCUT2D eigenvalue weighted by molar-refractivity contribution is -0.312. The van der Waals surface area contributed by atoms with Crippen LogP contribution >= 0.6 is 27.0 Å². The van der Waals surface area contributed by atoms with E-state index in [-0.39, 0.29) is 116 Å². The molecule has 7 saturated carbocycles. The number of methoxy groups -OCH3 is 2. The number of piperidine rings is 2. The van der Waals surface area contributed by atoms with Crippen molar-refractivity contribution < 1.29 is 77.6 Å². The summed E-state index contributed by atoms with van der Waals surface area (Å²) in [4.78, 5) is 77.1. The molecule has 2 aromatic carbocycles. The molecule has 13 aliphatic rings. The van der Waals surface area contributed by atoms with Crippen LogP contribution in [0.5, 0.6) is 23.0 Å². The number of ether oxygens (including phenoxy) is 6. The minimum Gasteiger partial charge on any atom is -0.482 e. The highest BCUT2D eigenvalue weighted by Crippen LogP contribution is 2.80. The van der Waals surface area contributed by atoms with E-state index >= 15 is 0 Å². The molecule has 8 bridgehead atoms. The molecule has 4 aliphatic heterocycles. The Morgan fingerprint density at radius 3 is 1.48 bits per heavy atom. The van der Waals surface area contributed by atoms with Crippen molar-refractivity contribution in [2.45, 2.75) is 255 Å². The number of likely N-dealkylation sites (tertiary alicyclic amines) is 1. The molecule has 0 radical (unpaired) electrons. The summed E-state index contributed by atoms with van der Waals surface area (Å²) in [6.07, 6.45) is 9.85. The molecule has 2 unspecified atom stereocenters. The van der Waals surface area contributed by atoms with Crippen molar-refractivity contribution in [3.05, 3.63) is 46.5 Å². The lowest BCUT2D eigenvalue weighted by Gasteiger charge is -2.75. The fraction of sp³-hybridized carbons (Fsp3) is 0.750. The van der Waals surface area contributed by atoms with Gasteiger partial charge in [-0.1, -0.05) is 81.4 Å². The highest BCUT2D eigenvalue weighted by Gasteiger charge is 2.84. The van der Waals surface area contributed by atoms with Crippen molar-refractivity contribution in [3.63, 3.8) is 0 Å². The zero-order chi connectivity index (χ0) is 66.6. The number of carbonyl (C=O) groups is 6. The SMILES string of the molecule is CO[C@]12CC[C@@]3(C[C@@H]1[C@@](C)(O)C(C)(C)C)[C@H]1Cc4ccc(OC(=O)CCC(=O)NC(C(=O)O)C(C)C)c5c4[C@@]3(CCN1)[C@H]2O5.CO[C@]12CC[C@@]3(C[C@@H]1[C@@](C)(O)C(C)(C)C)[C@H]1Cc4ccc(OC(=O)CCC(=O)NC(C(=O)O)C(C)C)c5c4[C@@]3(CCN1CC1CC1)[C@H]2O5.S.S. The van der Waals surface area contributed by atoms with Gasteiger partial charge in [-0.3, -0.25) is 24.1 Å². The Balaban J connectivity index is 0.000000202. The summed E-state index contributed by atoms with van der Waals surface area (Å²) in [7, 11) is 3.52. The lowest BCUT2D eigenvalue weighted by Crippen LogP contribution is -2.83. The Bertz CT molecular complexity index is 3340. The molecule has 9 fully saturated rings. The predicted molar refractivity (Wildman–Crippen MR) is 360 cm³/mol. The number of amides is 2. The van der Waals surface area contributed by atoms with Gasteiger partial charge >= 0.3 is 23.9 Å². The predicted octanol–water partition coefficient (Wildman–Crippen LogP) is 8.34. The molecule has 94 heavy (non-hydrogen) atoms. The summed E-state index contributed by atoms with van der Waals surface area (Å²) in [6, 6.07) is 6.29. The summed E-state index contributed by atoms with van der Waals surface area (Å²) in [6.45, 7) is 26.3. The van der Waals surface area contributed by atoms with Gasteiger partial charge in [0.25, 0.3) is 0 Å². The van der Waals surface area contributed by atoms with E-state index < -0.39 is 81.0 Å². The molecule has 4 heterocycles. The van der Waals surface area contributed by atoms with Crippen LogP contribution in [0.3, 0.4) is 0 Å². The molecule has 2 aromatic rings. The number of aliphatic carboxylic acids is 2. The van der Waals surface area contributed by atoms with Crippen LogP contribution in [0, 0.1) is 51.2 Å². The Morgan fingerprint density at radius 1 is 0.617 bits per heavy atom. The van der Waals surface area contributed by atoms with Gasteiger partial charge in [0.05, 0.1) is 24.0 Å². The van der Waals surface area contributed by atoms with Gasteiger partial charge < -0.3 is 64.8 Å². The third-order valence-corrected chi connectivity index (χ3v) is 26.3.